The molecule has 144 valence electrons. The van der Waals surface area contributed by atoms with Gasteiger partial charge in [-0.05, 0) is 42.8 Å². The molecule has 1 aromatic heterocycles. The number of pyridine rings is 1. The summed E-state index contributed by atoms with van der Waals surface area (Å²) in [6.45, 7) is 1.53. The van der Waals surface area contributed by atoms with Crippen molar-refractivity contribution >= 4 is 39.9 Å². The Morgan fingerprint density at radius 2 is 1.96 bits per heavy atom. The minimum absolute atomic E-state index is 0.0142. The summed E-state index contributed by atoms with van der Waals surface area (Å²) in [6, 6.07) is 9.88. The predicted molar refractivity (Wildman–Crippen MR) is 106 cm³/mol. The van der Waals surface area contributed by atoms with Crippen LogP contribution in [0, 0.1) is 5.82 Å². The van der Waals surface area contributed by atoms with Gasteiger partial charge in [0, 0.05) is 22.7 Å². The Balaban J connectivity index is 1.90. The summed E-state index contributed by atoms with van der Waals surface area (Å²) < 4.78 is 14.8. The van der Waals surface area contributed by atoms with E-state index in [4.69, 9.17) is 17.3 Å². The molecule has 0 unspecified atom stereocenters. The monoisotopic (exact) mass is 401 g/mol. The van der Waals surface area contributed by atoms with Gasteiger partial charge in [0.1, 0.15) is 11.9 Å². The fourth-order valence-corrected chi connectivity index (χ4v) is 2.99. The van der Waals surface area contributed by atoms with Crippen LogP contribution in [0.1, 0.15) is 18.5 Å². The van der Waals surface area contributed by atoms with Gasteiger partial charge in [-0.3, -0.25) is 14.4 Å². The van der Waals surface area contributed by atoms with Crippen LogP contribution >= 0.6 is 11.6 Å². The zero-order chi connectivity index (χ0) is 20.4. The number of anilines is 1. The van der Waals surface area contributed by atoms with E-state index in [0.29, 0.717) is 22.0 Å². The van der Waals surface area contributed by atoms with E-state index < -0.39 is 17.8 Å². The Kier molecular flexibility index (Phi) is 5.46. The van der Waals surface area contributed by atoms with Crippen LogP contribution in [0.2, 0.25) is 5.02 Å². The Morgan fingerprint density at radius 1 is 1.21 bits per heavy atom. The topological polar surface area (TPSA) is 94.2 Å². The highest BCUT2D eigenvalue weighted by molar-refractivity contribution is 6.30. The number of carbonyl (C=O) groups is 2. The number of hydrogen-bond acceptors (Lipinski definition) is 3. The molecule has 3 rings (SSSR count). The molecule has 0 aliphatic carbocycles. The molecule has 0 saturated carbocycles. The van der Waals surface area contributed by atoms with Gasteiger partial charge in [0.15, 0.2) is 0 Å². The Hall–Kier alpha value is -3.19. The Labute approximate surface area is 164 Å². The van der Waals surface area contributed by atoms with Crippen molar-refractivity contribution in [3.8, 4) is 0 Å². The molecule has 0 aliphatic rings. The van der Waals surface area contributed by atoms with Crippen LogP contribution in [0.5, 0.6) is 0 Å². The summed E-state index contributed by atoms with van der Waals surface area (Å²) in [6.07, 6.45) is 1.41. The van der Waals surface area contributed by atoms with E-state index in [1.807, 2.05) is 0 Å². The summed E-state index contributed by atoms with van der Waals surface area (Å²) in [5.74, 6) is -1.59. The summed E-state index contributed by atoms with van der Waals surface area (Å²) in [5.41, 5.74) is 5.80. The van der Waals surface area contributed by atoms with Crippen molar-refractivity contribution in [1.29, 1.82) is 0 Å². The van der Waals surface area contributed by atoms with Gasteiger partial charge in [-0.15, -0.1) is 0 Å². The molecule has 0 aliphatic heterocycles. The maximum atomic E-state index is 13.5. The molecule has 0 bridgehead atoms. The molecule has 3 aromatic rings. The van der Waals surface area contributed by atoms with Crippen LogP contribution in [0.15, 0.2) is 53.5 Å². The standard InChI is InChI=1S/C20H17ClFN3O3/c1-11(19(23)27)25-8-7-13-14(20(25)28)3-2-4-17(13)24-18(26)10-12-5-6-15(21)16(22)9-12/h2-9,11H,10H2,1H3,(H2,23,27)(H,24,26)/t11-/m1/s1. The number of nitrogens with two attached hydrogens (primary N) is 1. The van der Waals surface area contributed by atoms with Crippen molar-refractivity contribution in [2.24, 2.45) is 5.73 Å². The number of primary amides is 1. The number of hydrogen-bond donors (Lipinski definition) is 2. The molecule has 3 N–H and O–H groups in total. The van der Waals surface area contributed by atoms with Crippen molar-refractivity contribution in [1.82, 2.24) is 4.57 Å². The Bertz CT molecular complexity index is 1140. The first kappa shape index (κ1) is 19.6. The molecule has 1 atom stereocenters. The first-order valence-electron chi connectivity index (χ1n) is 8.45. The minimum Gasteiger partial charge on any atom is -0.368 e. The van der Waals surface area contributed by atoms with Gasteiger partial charge in [-0.1, -0.05) is 23.7 Å². The number of rotatable bonds is 5. The van der Waals surface area contributed by atoms with Crippen molar-refractivity contribution in [3.63, 3.8) is 0 Å². The molecule has 0 radical (unpaired) electrons. The van der Waals surface area contributed by atoms with Crippen molar-refractivity contribution < 1.29 is 14.0 Å². The highest BCUT2D eigenvalue weighted by atomic mass is 35.5. The van der Waals surface area contributed by atoms with Gasteiger partial charge in [-0.2, -0.15) is 0 Å². The summed E-state index contributed by atoms with van der Waals surface area (Å²) in [5, 5.41) is 3.58. The molecule has 2 amide bonds. The quantitative estimate of drug-likeness (QED) is 0.688. The third-order valence-corrected chi connectivity index (χ3v) is 4.73. The molecule has 28 heavy (non-hydrogen) atoms. The number of benzene rings is 2. The zero-order valence-electron chi connectivity index (χ0n) is 14.9. The summed E-state index contributed by atoms with van der Waals surface area (Å²) in [4.78, 5) is 36.4. The number of nitrogens with one attached hydrogen (secondary N) is 1. The molecule has 0 fully saturated rings. The van der Waals surface area contributed by atoms with Crippen molar-refractivity contribution in [2.45, 2.75) is 19.4 Å². The molecule has 8 heteroatoms. The number of nitrogens with zero attached hydrogens (tertiary/aromatic N) is 1. The first-order chi connectivity index (χ1) is 13.3. The van der Waals surface area contributed by atoms with E-state index >= 15 is 0 Å². The molecule has 6 nitrogen and oxygen atoms in total. The average molecular weight is 402 g/mol. The number of fused-ring (bicyclic) bond motifs is 1. The average Bonchev–Trinajstić information content (AvgIpc) is 2.65. The lowest BCUT2D eigenvalue weighted by Crippen LogP contribution is -2.31. The maximum absolute atomic E-state index is 13.5. The van der Waals surface area contributed by atoms with Crippen molar-refractivity contribution in [2.75, 3.05) is 5.32 Å². The lowest BCUT2D eigenvalue weighted by Gasteiger charge is -2.14. The number of carbonyl (C=O) groups excluding carboxylic acids is 2. The van der Waals surface area contributed by atoms with Crippen molar-refractivity contribution in [3.05, 3.63) is 75.4 Å². The third-order valence-electron chi connectivity index (χ3n) is 4.42. The normalized spacial score (nSPS) is 12.0. The fourth-order valence-electron chi connectivity index (χ4n) is 2.87. The highest BCUT2D eigenvalue weighted by Gasteiger charge is 2.15. The smallest absolute Gasteiger partial charge is 0.259 e. The summed E-state index contributed by atoms with van der Waals surface area (Å²) >= 11 is 5.65. The van der Waals surface area contributed by atoms with E-state index in [2.05, 4.69) is 5.32 Å². The highest BCUT2D eigenvalue weighted by Crippen LogP contribution is 2.22. The van der Waals surface area contributed by atoms with Crippen LogP contribution in [0.25, 0.3) is 10.8 Å². The van der Waals surface area contributed by atoms with Gasteiger partial charge in [0.2, 0.25) is 11.8 Å². The van der Waals surface area contributed by atoms with Crippen LogP contribution in [0.3, 0.4) is 0 Å². The summed E-state index contributed by atoms with van der Waals surface area (Å²) in [7, 11) is 0. The molecule has 0 spiro atoms. The van der Waals surface area contributed by atoms with E-state index in [-0.39, 0.29) is 22.9 Å². The SMILES string of the molecule is C[C@H](C(N)=O)n1ccc2c(NC(=O)Cc3ccc(Cl)c(F)c3)cccc2c1=O. The van der Waals surface area contributed by atoms with Crippen LogP contribution in [-0.2, 0) is 16.0 Å². The molecule has 1 heterocycles. The van der Waals surface area contributed by atoms with Gasteiger partial charge in [0.25, 0.3) is 5.56 Å². The van der Waals surface area contributed by atoms with E-state index in [0.717, 1.165) is 0 Å². The minimum atomic E-state index is -0.796. The lowest BCUT2D eigenvalue weighted by atomic mass is 10.1. The lowest BCUT2D eigenvalue weighted by molar-refractivity contribution is -0.120. The van der Waals surface area contributed by atoms with E-state index in [1.165, 1.54) is 29.8 Å². The van der Waals surface area contributed by atoms with Gasteiger partial charge >= 0.3 is 0 Å². The number of amides is 2. The van der Waals surface area contributed by atoms with Crippen LogP contribution in [0.4, 0.5) is 10.1 Å². The molecule has 2 aromatic carbocycles. The molecule has 0 saturated heterocycles. The molecular weight excluding hydrogens is 385 g/mol. The first-order valence-corrected chi connectivity index (χ1v) is 8.82. The van der Waals surface area contributed by atoms with Gasteiger partial charge in [0.05, 0.1) is 11.4 Å². The third kappa shape index (κ3) is 3.89. The second kappa shape index (κ2) is 7.82. The fraction of sp³-hybridized carbons (Fsp3) is 0.150. The second-order valence-corrected chi connectivity index (χ2v) is 6.75. The molecular formula is C20H17ClFN3O3. The van der Waals surface area contributed by atoms with Gasteiger partial charge < -0.3 is 15.6 Å². The predicted octanol–water partition coefficient (Wildman–Crippen LogP) is 3.02. The maximum Gasteiger partial charge on any atom is 0.259 e. The number of aromatic nitrogens is 1. The van der Waals surface area contributed by atoms with E-state index in [9.17, 15) is 18.8 Å². The largest absolute Gasteiger partial charge is 0.368 e. The van der Waals surface area contributed by atoms with Crippen LogP contribution < -0.4 is 16.6 Å². The van der Waals surface area contributed by atoms with Gasteiger partial charge in [-0.25, -0.2) is 4.39 Å². The zero-order valence-corrected chi connectivity index (χ0v) is 15.7. The number of halogens is 2. The Morgan fingerprint density at radius 3 is 2.64 bits per heavy atom. The second-order valence-electron chi connectivity index (χ2n) is 6.35. The van der Waals surface area contributed by atoms with Crippen LogP contribution in [-0.4, -0.2) is 16.4 Å². The van der Waals surface area contributed by atoms with E-state index in [1.54, 1.807) is 30.3 Å².